The van der Waals surface area contributed by atoms with E-state index in [0.29, 0.717) is 65.1 Å². The monoisotopic (exact) mass is 1080 g/mol. The lowest BCUT2D eigenvalue weighted by molar-refractivity contribution is -0.116. The quantitative estimate of drug-likeness (QED) is 0.0524. The van der Waals surface area contributed by atoms with E-state index in [0.717, 1.165) is 83.6 Å². The van der Waals surface area contributed by atoms with Crippen molar-refractivity contribution in [3.8, 4) is 21.1 Å². The van der Waals surface area contributed by atoms with E-state index in [1.807, 2.05) is 90.2 Å². The molecule has 18 nitrogen and oxygen atoms in total. The molecule has 388 valence electrons. The number of anilines is 2. The van der Waals surface area contributed by atoms with Crippen molar-refractivity contribution in [1.82, 2.24) is 45.5 Å². The number of benzene rings is 2. The van der Waals surface area contributed by atoms with Crippen molar-refractivity contribution in [1.29, 1.82) is 0 Å². The standard InChI is InChI=1S/C26H30N6O3S2.C22H23N3O3S2.C4H7N3/c1-26(2,3)35-25(34)32-11-9-17-20(15-32)37-24(22(17)23-30-18-6-4-5-7-19(18)36-23)31-21(33)8-10-27-12-16-13-28-29-14-16;1-5-17(26)24-20-18(19-23-14-8-6-7-9-15(14)29-19)13-10-11-25(12-16(13)30-20)21(27)28-22(2,3)4;5-1-4-2-6-7-3-4/h4-7,13-14,27H,8-12,15H2,1-3H3,(H,28,29)(H,31,33);5-9H,1,10-12H2,2-4H3,(H,24,26);2-3H,1,5H2,(H,6,7). The van der Waals surface area contributed by atoms with Crippen LogP contribution in [0.25, 0.3) is 41.6 Å². The topological polar surface area (TPSA) is 238 Å². The molecular weight excluding hydrogens is 1020 g/mol. The van der Waals surface area contributed by atoms with Gasteiger partial charge in [0.1, 0.15) is 31.2 Å². The van der Waals surface area contributed by atoms with Gasteiger partial charge in [0.05, 0.1) is 45.9 Å². The van der Waals surface area contributed by atoms with Crippen molar-refractivity contribution in [2.75, 3.05) is 30.3 Å². The third kappa shape index (κ3) is 13.7. The van der Waals surface area contributed by atoms with Crippen molar-refractivity contribution in [3.05, 3.63) is 118 Å². The Kier molecular flexibility index (Phi) is 17.0. The molecule has 2 aromatic carbocycles. The van der Waals surface area contributed by atoms with E-state index in [4.69, 9.17) is 25.2 Å². The molecule has 2 aliphatic rings. The van der Waals surface area contributed by atoms with Gasteiger partial charge in [-0.25, -0.2) is 19.6 Å². The van der Waals surface area contributed by atoms with Crippen LogP contribution in [0.2, 0.25) is 0 Å². The number of nitrogens with one attached hydrogen (secondary N) is 5. The van der Waals surface area contributed by atoms with Gasteiger partial charge in [-0.15, -0.1) is 45.3 Å². The highest BCUT2D eigenvalue weighted by atomic mass is 32.1. The second-order valence-electron chi connectivity index (χ2n) is 19.3. The molecule has 0 atom stereocenters. The minimum absolute atomic E-state index is 0.0651. The van der Waals surface area contributed by atoms with Gasteiger partial charge >= 0.3 is 12.2 Å². The summed E-state index contributed by atoms with van der Waals surface area (Å²) in [4.78, 5) is 65.5. The number of aromatic amines is 2. The number of hydrogen-bond donors (Lipinski definition) is 6. The Morgan fingerprint density at radius 1 is 0.716 bits per heavy atom. The molecule has 0 bridgehead atoms. The number of amides is 4. The van der Waals surface area contributed by atoms with Crippen molar-refractivity contribution >= 4 is 99.8 Å². The van der Waals surface area contributed by atoms with Crippen LogP contribution in [-0.2, 0) is 58.1 Å². The summed E-state index contributed by atoms with van der Waals surface area (Å²) in [6, 6.07) is 16.0. The molecule has 0 spiro atoms. The molecule has 10 rings (SSSR count). The van der Waals surface area contributed by atoms with Gasteiger partial charge in [0.25, 0.3) is 0 Å². The Hall–Kier alpha value is -6.82. The van der Waals surface area contributed by atoms with Gasteiger partial charge in [-0.2, -0.15) is 10.2 Å². The molecule has 0 unspecified atom stereocenters. The summed E-state index contributed by atoms with van der Waals surface area (Å²) < 4.78 is 13.3. The number of carbonyl (C=O) groups excluding carboxylic acids is 4. The molecule has 8 aromatic rings. The van der Waals surface area contributed by atoms with Crippen LogP contribution in [0.5, 0.6) is 0 Å². The highest BCUT2D eigenvalue weighted by Crippen LogP contribution is 2.47. The molecule has 7 N–H and O–H groups in total. The summed E-state index contributed by atoms with van der Waals surface area (Å²) >= 11 is 6.24. The van der Waals surface area contributed by atoms with Crippen molar-refractivity contribution < 1.29 is 28.7 Å². The largest absolute Gasteiger partial charge is 0.444 e. The lowest BCUT2D eigenvalue weighted by Crippen LogP contribution is -2.39. The Labute approximate surface area is 444 Å². The predicted molar refractivity (Wildman–Crippen MR) is 295 cm³/mol. The summed E-state index contributed by atoms with van der Waals surface area (Å²) in [5.41, 5.74) is 12.3. The SMILES string of the molecule is C=CC(=O)Nc1sc2c(c1-c1nc3ccccc3s1)CCN(C(=O)OC(C)(C)C)C2.CC(C)(C)OC(=O)N1CCc2c(sc(NC(=O)CCNCc3cn[nH]c3)c2-c2nc3ccccc3s2)C1.NCc1cn[nH]c1. The fraction of sp³-hybridized carbons (Fsp3) is 0.346. The normalized spacial score (nSPS) is 13.2. The molecule has 0 saturated carbocycles. The number of aromatic nitrogens is 6. The smallest absolute Gasteiger partial charge is 0.410 e. The number of H-pyrrole nitrogens is 2. The Morgan fingerprint density at radius 3 is 1.64 bits per heavy atom. The minimum Gasteiger partial charge on any atom is -0.444 e. The maximum absolute atomic E-state index is 12.9. The van der Waals surface area contributed by atoms with Crippen LogP contribution in [-0.4, -0.2) is 95.0 Å². The number of nitrogens with two attached hydrogens (primary N) is 1. The third-order valence-electron chi connectivity index (χ3n) is 11.3. The molecule has 4 amide bonds. The number of thiophene rings is 2. The first-order valence-corrected chi connectivity index (χ1v) is 27.3. The highest BCUT2D eigenvalue weighted by molar-refractivity contribution is 7.23. The predicted octanol–water partition coefficient (Wildman–Crippen LogP) is 10.5. The number of nitrogens with zero attached hydrogens (tertiary/aromatic N) is 6. The van der Waals surface area contributed by atoms with Crippen LogP contribution in [0.15, 0.2) is 86.0 Å². The second kappa shape index (κ2) is 23.6. The first kappa shape index (κ1) is 53.5. The average molecular weight is 1080 g/mol. The molecule has 8 heterocycles. The molecule has 74 heavy (non-hydrogen) atoms. The molecular formula is C52H60N12O6S4. The van der Waals surface area contributed by atoms with Gasteiger partial charge in [-0.3, -0.25) is 19.8 Å². The zero-order valence-corrected chi connectivity index (χ0v) is 45.4. The Balaban J connectivity index is 0.000000177. The molecule has 2 aliphatic heterocycles. The van der Waals surface area contributed by atoms with Gasteiger partial charge in [-0.05, 0) is 95.9 Å². The Morgan fingerprint density at radius 2 is 1.20 bits per heavy atom. The molecule has 22 heteroatoms. The van der Waals surface area contributed by atoms with Gasteiger partial charge in [0, 0.05) is 83.5 Å². The van der Waals surface area contributed by atoms with Crippen molar-refractivity contribution in [2.24, 2.45) is 5.73 Å². The van der Waals surface area contributed by atoms with E-state index in [-0.39, 0.29) is 24.0 Å². The van der Waals surface area contributed by atoms with Crippen molar-refractivity contribution in [2.45, 2.75) is 98.2 Å². The lowest BCUT2D eigenvalue weighted by Gasteiger charge is -2.30. The van der Waals surface area contributed by atoms with E-state index < -0.39 is 11.2 Å². The van der Waals surface area contributed by atoms with Gasteiger partial charge < -0.3 is 41.0 Å². The molecule has 0 radical (unpaired) electrons. The number of ether oxygens (including phenoxy) is 2. The molecule has 0 saturated heterocycles. The fourth-order valence-electron chi connectivity index (χ4n) is 7.91. The number of carbonyl (C=O) groups is 4. The van der Waals surface area contributed by atoms with Crippen molar-refractivity contribution in [3.63, 3.8) is 0 Å². The maximum atomic E-state index is 12.9. The third-order valence-corrected chi connectivity index (χ3v) is 15.7. The van der Waals surface area contributed by atoms with Crippen LogP contribution < -0.4 is 21.7 Å². The zero-order valence-electron chi connectivity index (χ0n) is 42.1. The van der Waals surface area contributed by atoms with E-state index in [9.17, 15) is 19.2 Å². The number of fused-ring (bicyclic) bond motifs is 4. The summed E-state index contributed by atoms with van der Waals surface area (Å²) in [5.74, 6) is -0.329. The number of rotatable bonds is 11. The van der Waals surface area contributed by atoms with E-state index in [1.165, 1.54) is 28.7 Å². The fourth-order valence-corrected chi connectivity index (χ4v) is 12.7. The summed E-state index contributed by atoms with van der Waals surface area (Å²) in [7, 11) is 0. The first-order valence-electron chi connectivity index (χ1n) is 24.0. The number of para-hydroxylation sites is 2. The summed E-state index contributed by atoms with van der Waals surface area (Å²) in [6.45, 7) is 18.5. The minimum atomic E-state index is -0.552. The molecule has 6 aromatic heterocycles. The van der Waals surface area contributed by atoms with Crippen LogP contribution in [0.1, 0.15) is 80.0 Å². The lowest BCUT2D eigenvalue weighted by atomic mass is 10.0. The maximum Gasteiger partial charge on any atom is 0.410 e. The van der Waals surface area contributed by atoms with Crippen LogP contribution in [0.4, 0.5) is 19.6 Å². The van der Waals surface area contributed by atoms with Crippen LogP contribution in [0.3, 0.4) is 0 Å². The summed E-state index contributed by atoms with van der Waals surface area (Å²) in [5, 5.41) is 25.7. The first-order chi connectivity index (χ1) is 35.4. The second-order valence-corrected chi connectivity index (χ2v) is 23.6. The van der Waals surface area contributed by atoms with E-state index >= 15 is 0 Å². The van der Waals surface area contributed by atoms with Crippen LogP contribution in [0, 0.1) is 0 Å². The highest BCUT2D eigenvalue weighted by Gasteiger charge is 2.33. The van der Waals surface area contributed by atoms with E-state index in [2.05, 4.69) is 49.0 Å². The number of thiazole rings is 2. The summed E-state index contributed by atoms with van der Waals surface area (Å²) in [6.07, 6.45) is 9.39. The van der Waals surface area contributed by atoms with Gasteiger partial charge in [0.2, 0.25) is 11.8 Å². The van der Waals surface area contributed by atoms with Crippen LogP contribution >= 0.6 is 45.3 Å². The van der Waals surface area contributed by atoms with E-state index in [1.54, 1.807) is 51.1 Å². The number of hydrogen-bond acceptors (Lipinski definition) is 16. The Bertz CT molecular complexity index is 3170. The van der Waals surface area contributed by atoms with Gasteiger partial charge in [-0.1, -0.05) is 30.8 Å². The van der Waals surface area contributed by atoms with Gasteiger partial charge in [0.15, 0.2) is 0 Å². The zero-order chi connectivity index (χ0) is 52.6. The average Bonchev–Trinajstić information content (AvgIpc) is 4.23. The molecule has 0 fully saturated rings. The molecule has 0 aliphatic carbocycles.